The van der Waals surface area contributed by atoms with Crippen LogP contribution in [0.2, 0.25) is 0 Å². The fraction of sp³-hybridized carbons (Fsp3) is 0.500. The average molecular weight is 486 g/mol. The largest absolute Gasteiger partial charge is 0.495 e. The smallest absolute Gasteiger partial charge is 0.255 e. The Hall–Kier alpha value is -2.42. The molecule has 2 fully saturated rings. The molecule has 4 rings (SSSR count). The summed E-state index contributed by atoms with van der Waals surface area (Å²) in [5.74, 6) is 0.733. The summed E-state index contributed by atoms with van der Waals surface area (Å²) in [4.78, 5) is 15.4. The van der Waals surface area contributed by atoms with Crippen LogP contribution in [-0.2, 0) is 16.6 Å². The molecule has 2 aromatic rings. The Morgan fingerprint density at radius 2 is 1.76 bits per heavy atom. The zero-order valence-electron chi connectivity index (χ0n) is 20.1. The highest BCUT2D eigenvalue weighted by molar-refractivity contribution is 7.89. The molecule has 0 aliphatic carbocycles. The van der Waals surface area contributed by atoms with Crippen LogP contribution in [0.3, 0.4) is 0 Å². The summed E-state index contributed by atoms with van der Waals surface area (Å²) >= 11 is 0. The number of nitrogens with zero attached hydrogens (tertiary/aromatic N) is 2. The van der Waals surface area contributed by atoms with E-state index in [9.17, 15) is 13.2 Å². The maximum absolute atomic E-state index is 13.2. The average Bonchev–Trinajstić information content (AvgIpc) is 2.85. The van der Waals surface area contributed by atoms with E-state index in [0.717, 1.165) is 44.8 Å². The van der Waals surface area contributed by atoms with Gasteiger partial charge in [-0.15, -0.1) is 0 Å². The number of sulfonamides is 1. The lowest BCUT2D eigenvalue weighted by Gasteiger charge is -2.30. The molecule has 0 unspecified atom stereocenters. The molecule has 1 N–H and O–H groups in total. The second-order valence-electron chi connectivity index (χ2n) is 9.46. The molecule has 2 saturated heterocycles. The fourth-order valence-corrected chi connectivity index (χ4v) is 6.55. The summed E-state index contributed by atoms with van der Waals surface area (Å²) in [5, 5.41) is 2.84. The molecular weight excluding hydrogens is 450 g/mol. The van der Waals surface area contributed by atoms with Crippen LogP contribution in [0, 0.1) is 5.92 Å². The lowest BCUT2D eigenvalue weighted by molar-refractivity contribution is 0.102. The first-order chi connectivity index (χ1) is 16.4. The van der Waals surface area contributed by atoms with Crippen LogP contribution >= 0.6 is 0 Å². The van der Waals surface area contributed by atoms with Gasteiger partial charge < -0.3 is 10.1 Å². The van der Waals surface area contributed by atoms with Gasteiger partial charge in [-0.25, -0.2) is 8.42 Å². The van der Waals surface area contributed by atoms with E-state index >= 15 is 0 Å². The highest BCUT2D eigenvalue weighted by atomic mass is 32.2. The van der Waals surface area contributed by atoms with E-state index in [0.29, 0.717) is 24.3 Å². The van der Waals surface area contributed by atoms with E-state index in [-0.39, 0.29) is 16.6 Å². The van der Waals surface area contributed by atoms with Crippen molar-refractivity contribution >= 4 is 21.6 Å². The predicted molar refractivity (Wildman–Crippen MR) is 134 cm³/mol. The van der Waals surface area contributed by atoms with Crippen molar-refractivity contribution in [3.05, 3.63) is 53.6 Å². The van der Waals surface area contributed by atoms with Gasteiger partial charge in [-0.05, 0) is 74.0 Å². The van der Waals surface area contributed by atoms with Crippen LogP contribution in [-0.4, -0.2) is 56.8 Å². The van der Waals surface area contributed by atoms with Crippen molar-refractivity contribution in [3.63, 3.8) is 0 Å². The predicted octanol–water partition coefficient (Wildman–Crippen LogP) is 4.35. The van der Waals surface area contributed by atoms with E-state index < -0.39 is 10.0 Å². The van der Waals surface area contributed by atoms with Crippen LogP contribution in [0.4, 0.5) is 5.69 Å². The van der Waals surface area contributed by atoms with Crippen LogP contribution < -0.4 is 10.1 Å². The standard InChI is InChI=1S/C26H35N3O4S/c1-20-7-6-14-28(18-20)19-21-8-10-22(11-9-21)26(30)27-23-12-13-24(33-2)25(17-23)34(31,32)29-15-4-3-5-16-29/h8-13,17,20H,3-7,14-16,18-19H2,1-2H3,(H,27,30)/t20-/m0/s1. The van der Waals surface area contributed by atoms with Gasteiger partial charge >= 0.3 is 0 Å². The third kappa shape index (κ3) is 5.79. The Balaban J connectivity index is 1.46. The first kappa shape index (κ1) is 24.7. The third-order valence-electron chi connectivity index (χ3n) is 6.72. The van der Waals surface area contributed by atoms with Gasteiger partial charge in [-0.3, -0.25) is 9.69 Å². The Morgan fingerprint density at radius 1 is 1.03 bits per heavy atom. The number of rotatable bonds is 7. The molecule has 1 atom stereocenters. The van der Waals surface area contributed by atoms with E-state index in [4.69, 9.17) is 4.74 Å². The summed E-state index contributed by atoms with van der Waals surface area (Å²) in [5.41, 5.74) is 2.14. The number of amides is 1. The molecule has 2 aliphatic rings. The molecule has 0 radical (unpaired) electrons. The molecular formula is C26H35N3O4S. The van der Waals surface area contributed by atoms with Gasteiger partial charge in [0.25, 0.3) is 5.91 Å². The number of carbonyl (C=O) groups is 1. The highest BCUT2D eigenvalue weighted by Crippen LogP contribution is 2.31. The number of anilines is 1. The van der Waals surface area contributed by atoms with Gasteiger partial charge in [0.1, 0.15) is 10.6 Å². The minimum Gasteiger partial charge on any atom is -0.495 e. The molecule has 34 heavy (non-hydrogen) atoms. The lowest BCUT2D eigenvalue weighted by atomic mass is 9.99. The number of likely N-dealkylation sites (tertiary alicyclic amines) is 1. The third-order valence-corrected chi connectivity index (χ3v) is 8.64. The minimum atomic E-state index is -3.70. The first-order valence-corrected chi connectivity index (χ1v) is 13.6. The number of hydrogen-bond acceptors (Lipinski definition) is 5. The van der Waals surface area contributed by atoms with Crippen molar-refractivity contribution in [1.82, 2.24) is 9.21 Å². The molecule has 0 aromatic heterocycles. The number of benzene rings is 2. The molecule has 0 saturated carbocycles. The van der Waals surface area contributed by atoms with E-state index in [2.05, 4.69) is 17.1 Å². The van der Waals surface area contributed by atoms with Crippen LogP contribution in [0.25, 0.3) is 0 Å². The van der Waals surface area contributed by atoms with Crippen molar-refractivity contribution < 1.29 is 17.9 Å². The Bertz CT molecular complexity index is 1100. The summed E-state index contributed by atoms with van der Waals surface area (Å²) in [6.07, 6.45) is 5.27. The van der Waals surface area contributed by atoms with Gasteiger partial charge in [0.05, 0.1) is 7.11 Å². The van der Waals surface area contributed by atoms with Crippen molar-refractivity contribution in [2.75, 3.05) is 38.6 Å². The van der Waals surface area contributed by atoms with Gasteiger partial charge in [-0.1, -0.05) is 25.5 Å². The molecule has 0 spiro atoms. The normalized spacial score (nSPS) is 20.1. The molecule has 1 amide bonds. The number of methoxy groups -OCH3 is 1. The van der Waals surface area contributed by atoms with E-state index in [1.165, 1.54) is 35.9 Å². The van der Waals surface area contributed by atoms with E-state index in [1.807, 2.05) is 24.3 Å². The van der Waals surface area contributed by atoms with Gasteiger partial charge in [0.15, 0.2) is 0 Å². The summed E-state index contributed by atoms with van der Waals surface area (Å²) in [7, 11) is -2.25. The Kier molecular flexibility index (Phi) is 7.91. The summed E-state index contributed by atoms with van der Waals surface area (Å²) in [6, 6.07) is 12.4. The van der Waals surface area contributed by atoms with E-state index in [1.54, 1.807) is 12.1 Å². The van der Waals surface area contributed by atoms with Crippen LogP contribution in [0.15, 0.2) is 47.4 Å². The van der Waals surface area contributed by atoms with Crippen LogP contribution in [0.5, 0.6) is 5.75 Å². The maximum Gasteiger partial charge on any atom is 0.255 e. The quantitative estimate of drug-likeness (QED) is 0.631. The molecule has 184 valence electrons. The zero-order chi connectivity index (χ0) is 24.1. The number of carbonyl (C=O) groups excluding carboxylic acids is 1. The maximum atomic E-state index is 13.2. The molecule has 8 heteroatoms. The van der Waals surface area contributed by atoms with Crippen molar-refractivity contribution in [1.29, 1.82) is 0 Å². The van der Waals surface area contributed by atoms with Gasteiger partial charge in [0.2, 0.25) is 10.0 Å². The van der Waals surface area contributed by atoms with Crippen molar-refractivity contribution in [2.24, 2.45) is 5.92 Å². The lowest BCUT2D eigenvalue weighted by Crippen LogP contribution is -2.35. The Morgan fingerprint density at radius 3 is 2.44 bits per heavy atom. The number of nitrogens with one attached hydrogen (secondary N) is 1. The van der Waals surface area contributed by atoms with Gasteiger partial charge in [-0.2, -0.15) is 4.31 Å². The molecule has 2 aliphatic heterocycles. The first-order valence-electron chi connectivity index (χ1n) is 12.2. The fourth-order valence-electron chi connectivity index (χ4n) is 4.85. The SMILES string of the molecule is COc1ccc(NC(=O)c2ccc(CN3CCC[C@H](C)C3)cc2)cc1S(=O)(=O)N1CCCCC1. The molecule has 0 bridgehead atoms. The minimum absolute atomic E-state index is 0.0841. The van der Waals surface area contributed by atoms with Crippen molar-refractivity contribution in [2.45, 2.75) is 50.5 Å². The van der Waals surface area contributed by atoms with Crippen LogP contribution in [0.1, 0.15) is 54.9 Å². The number of piperidine rings is 2. The monoisotopic (exact) mass is 485 g/mol. The molecule has 2 aromatic carbocycles. The number of ether oxygens (including phenoxy) is 1. The molecule has 7 nitrogen and oxygen atoms in total. The second-order valence-corrected chi connectivity index (χ2v) is 11.4. The van der Waals surface area contributed by atoms with Gasteiger partial charge in [0, 0.05) is 37.4 Å². The zero-order valence-corrected chi connectivity index (χ0v) is 20.9. The summed E-state index contributed by atoms with van der Waals surface area (Å²) < 4.78 is 33.3. The summed E-state index contributed by atoms with van der Waals surface area (Å²) in [6.45, 7) is 6.43. The van der Waals surface area contributed by atoms with Crippen molar-refractivity contribution in [3.8, 4) is 5.75 Å². The highest BCUT2D eigenvalue weighted by Gasteiger charge is 2.29. The second kappa shape index (κ2) is 10.9. The number of hydrogen-bond donors (Lipinski definition) is 1. The topological polar surface area (TPSA) is 79.0 Å². The Labute approximate surface area is 203 Å². The molecule has 2 heterocycles.